The van der Waals surface area contributed by atoms with Crippen molar-refractivity contribution in [2.45, 2.75) is 19.8 Å². The zero-order valence-electron chi connectivity index (χ0n) is 11.2. The van der Waals surface area contributed by atoms with E-state index in [-0.39, 0.29) is 13.2 Å². The summed E-state index contributed by atoms with van der Waals surface area (Å²) in [6.07, 6.45) is 0. The van der Waals surface area contributed by atoms with E-state index < -0.39 is 23.6 Å². The van der Waals surface area contributed by atoms with E-state index in [0.717, 1.165) is 0 Å². The number of carbonyl (C=O) groups is 3. The minimum absolute atomic E-state index is 0.0563. The Hall–Kier alpha value is -1.88. The van der Waals surface area contributed by atoms with E-state index in [0.29, 0.717) is 10.6 Å². The molecule has 1 aromatic rings. The number of Topliss-reactive ketones (excluding diaryl/α,β-unsaturated/α-hetero) is 1. The van der Waals surface area contributed by atoms with Crippen LogP contribution >= 0.6 is 11.6 Å². The van der Waals surface area contributed by atoms with Crippen LogP contribution in [0.1, 0.15) is 25.3 Å². The Morgan fingerprint density at radius 2 is 1.60 bits per heavy atom. The molecule has 0 saturated carbocycles. The monoisotopic (exact) mass is 298 g/mol. The van der Waals surface area contributed by atoms with E-state index in [1.165, 1.54) is 24.3 Å². The molecule has 108 valence electrons. The summed E-state index contributed by atoms with van der Waals surface area (Å²) in [7, 11) is 0. The molecule has 1 rings (SSSR count). The van der Waals surface area contributed by atoms with Gasteiger partial charge in [-0.25, -0.2) is 4.79 Å². The maximum absolute atomic E-state index is 12.0. The number of halogens is 1. The number of hydrogen-bond acceptors (Lipinski definition) is 5. The van der Waals surface area contributed by atoms with Crippen LogP contribution in [0.5, 0.6) is 0 Å². The summed E-state index contributed by atoms with van der Waals surface area (Å²) >= 11 is 5.76. The molecule has 0 aliphatic carbocycles. The van der Waals surface area contributed by atoms with E-state index in [4.69, 9.17) is 16.3 Å². The highest BCUT2D eigenvalue weighted by atomic mass is 35.5. The Bertz CT molecular complexity index is 495. The van der Waals surface area contributed by atoms with E-state index in [2.05, 4.69) is 4.74 Å². The number of hydrogen-bond donors (Lipinski definition) is 0. The molecule has 1 atom stereocenters. The van der Waals surface area contributed by atoms with E-state index in [1.54, 1.807) is 13.8 Å². The van der Waals surface area contributed by atoms with Crippen molar-refractivity contribution in [3.8, 4) is 0 Å². The van der Waals surface area contributed by atoms with Crippen molar-refractivity contribution < 1.29 is 23.9 Å². The van der Waals surface area contributed by atoms with Gasteiger partial charge in [0, 0.05) is 5.02 Å². The molecule has 0 N–H and O–H groups in total. The Morgan fingerprint density at radius 1 is 1.05 bits per heavy atom. The minimum Gasteiger partial charge on any atom is -0.465 e. The molecule has 1 aromatic carbocycles. The lowest BCUT2D eigenvalue weighted by Crippen LogP contribution is -2.31. The van der Waals surface area contributed by atoms with Crippen LogP contribution < -0.4 is 0 Å². The smallest absolute Gasteiger partial charge is 0.375 e. The van der Waals surface area contributed by atoms with Crippen LogP contribution in [-0.2, 0) is 23.9 Å². The number of rotatable bonds is 6. The SMILES string of the molecule is CCOC(=O)C(=O)[C@@H](C(=O)OCC)c1ccc(Cl)cc1. The molecule has 0 aliphatic heterocycles. The Morgan fingerprint density at radius 3 is 2.10 bits per heavy atom. The van der Waals surface area contributed by atoms with Crippen molar-refractivity contribution in [1.82, 2.24) is 0 Å². The van der Waals surface area contributed by atoms with Crippen LogP contribution in [0.2, 0.25) is 5.02 Å². The van der Waals surface area contributed by atoms with Gasteiger partial charge in [0.15, 0.2) is 5.92 Å². The van der Waals surface area contributed by atoms with Gasteiger partial charge in [0.2, 0.25) is 0 Å². The molecule has 0 unspecified atom stereocenters. The van der Waals surface area contributed by atoms with Gasteiger partial charge < -0.3 is 9.47 Å². The second kappa shape index (κ2) is 7.65. The third-order valence-corrected chi connectivity index (χ3v) is 2.72. The molecule has 0 aromatic heterocycles. The Labute approximate surface area is 121 Å². The van der Waals surface area contributed by atoms with Gasteiger partial charge >= 0.3 is 11.9 Å². The van der Waals surface area contributed by atoms with Gasteiger partial charge in [0.25, 0.3) is 5.78 Å². The van der Waals surface area contributed by atoms with Gasteiger partial charge in [-0.3, -0.25) is 9.59 Å². The van der Waals surface area contributed by atoms with Crippen molar-refractivity contribution >= 4 is 29.3 Å². The summed E-state index contributed by atoms with van der Waals surface area (Å²) in [6, 6.07) is 6.06. The summed E-state index contributed by atoms with van der Waals surface area (Å²) in [4.78, 5) is 35.4. The summed E-state index contributed by atoms with van der Waals surface area (Å²) in [6.45, 7) is 3.36. The molecule has 20 heavy (non-hydrogen) atoms. The zero-order chi connectivity index (χ0) is 15.1. The number of carbonyl (C=O) groups excluding carboxylic acids is 3. The molecular formula is C14H15ClO5. The van der Waals surface area contributed by atoms with Crippen LogP contribution in [-0.4, -0.2) is 30.9 Å². The predicted octanol–water partition coefficient (Wildman–Crippen LogP) is 2.12. The molecule has 0 saturated heterocycles. The molecule has 0 spiro atoms. The first-order valence-electron chi connectivity index (χ1n) is 6.14. The topological polar surface area (TPSA) is 69.7 Å². The fourth-order valence-electron chi connectivity index (χ4n) is 1.60. The molecule has 0 amide bonds. The predicted molar refractivity (Wildman–Crippen MR) is 72.5 cm³/mol. The van der Waals surface area contributed by atoms with E-state index >= 15 is 0 Å². The molecule has 0 aliphatic rings. The molecular weight excluding hydrogens is 284 g/mol. The number of ketones is 1. The zero-order valence-corrected chi connectivity index (χ0v) is 12.0. The lowest BCUT2D eigenvalue weighted by molar-refractivity contribution is -0.159. The summed E-state index contributed by atoms with van der Waals surface area (Å²) in [5.41, 5.74) is 0.339. The normalized spacial score (nSPS) is 11.6. The molecule has 0 bridgehead atoms. The first kappa shape index (κ1) is 16.2. The van der Waals surface area contributed by atoms with Crippen molar-refractivity contribution in [2.24, 2.45) is 0 Å². The quantitative estimate of drug-likeness (QED) is 0.457. The second-order valence-corrected chi connectivity index (χ2v) is 4.26. The Kier molecular flexibility index (Phi) is 6.18. The maximum atomic E-state index is 12.0. The summed E-state index contributed by atoms with van der Waals surface area (Å²) in [5.74, 6) is -4.12. The van der Waals surface area contributed by atoms with Gasteiger partial charge in [-0.2, -0.15) is 0 Å². The van der Waals surface area contributed by atoms with Crippen LogP contribution in [0.4, 0.5) is 0 Å². The number of benzene rings is 1. The van der Waals surface area contributed by atoms with Crippen LogP contribution in [0.25, 0.3) is 0 Å². The molecule has 0 radical (unpaired) electrons. The molecule has 0 heterocycles. The van der Waals surface area contributed by atoms with Gasteiger partial charge in [-0.05, 0) is 31.5 Å². The first-order chi connectivity index (χ1) is 9.51. The highest BCUT2D eigenvalue weighted by Crippen LogP contribution is 2.21. The van der Waals surface area contributed by atoms with Gasteiger partial charge in [-0.15, -0.1) is 0 Å². The Balaban J connectivity index is 3.08. The largest absolute Gasteiger partial charge is 0.465 e. The number of esters is 2. The standard InChI is InChI=1S/C14H15ClO5/c1-3-19-13(17)11(12(16)14(18)20-4-2)9-5-7-10(15)8-6-9/h5-8,11H,3-4H2,1-2H3/t11-/m0/s1. The highest BCUT2D eigenvalue weighted by Gasteiger charge is 2.35. The lowest BCUT2D eigenvalue weighted by atomic mass is 9.94. The molecule has 0 fully saturated rings. The van der Waals surface area contributed by atoms with Gasteiger partial charge in [-0.1, -0.05) is 23.7 Å². The first-order valence-corrected chi connectivity index (χ1v) is 6.52. The number of ether oxygens (including phenoxy) is 2. The van der Waals surface area contributed by atoms with Gasteiger partial charge in [0.1, 0.15) is 0 Å². The lowest BCUT2D eigenvalue weighted by Gasteiger charge is -2.14. The fourth-order valence-corrected chi connectivity index (χ4v) is 1.72. The van der Waals surface area contributed by atoms with E-state index in [9.17, 15) is 14.4 Å². The second-order valence-electron chi connectivity index (χ2n) is 3.82. The minimum atomic E-state index is -1.33. The summed E-state index contributed by atoms with van der Waals surface area (Å²) in [5, 5.41) is 0.458. The van der Waals surface area contributed by atoms with Crippen molar-refractivity contribution in [3.63, 3.8) is 0 Å². The van der Waals surface area contributed by atoms with Crippen molar-refractivity contribution in [1.29, 1.82) is 0 Å². The average Bonchev–Trinajstić information content (AvgIpc) is 2.41. The van der Waals surface area contributed by atoms with Crippen molar-refractivity contribution in [3.05, 3.63) is 34.9 Å². The average molecular weight is 299 g/mol. The molecule has 5 nitrogen and oxygen atoms in total. The maximum Gasteiger partial charge on any atom is 0.375 e. The van der Waals surface area contributed by atoms with E-state index in [1.807, 2.05) is 0 Å². The third kappa shape index (κ3) is 4.06. The highest BCUT2D eigenvalue weighted by molar-refractivity contribution is 6.39. The third-order valence-electron chi connectivity index (χ3n) is 2.46. The van der Waals surface area contributed by atoms with Crippen LogP contribution in [0.15, 0.2) is 24.3 Å². The summed E-state index contributed by atoms with van der Waals surface area (Å²) < 4.78 is 9.47. The van der Waals surface area contributed by atoms with Gasteiger partial charge in [0.05, 0.1) is 13.2 Å². The fraction of sp³-hybridized carbons (Fsp3) is 0.357. The van der Waals surface area contributed by atoms with Crippen LogP contribution in [0, 0.1) is 0 Å². The van der Waals surface area contributed by atoms with Crippen LogP contribution in [0.3, 0.4) is 0 Å². The molecule has 6 heteroatoms. The van der Waals surface area contributed by atoms with Crippen molar-refractivity contribution in [2.75, 3.05) is 13.2 Å².